The highest BCUT2D eigenvalue weighted by molar-refractivity contribution is 7.88. The molecule has 1 heterocycles. The summed E-state index contributed by atoms with van der Waals surface area (Å²) < 4.78 is 31.7. The largest absolute Gasteiger partial charge is 0.377 e. The Bertz CT molecular complexity index is 622. The number of rotatable bonds is 4. The number of nitrogens with zero attached hydrogens (tertiary/aromatic N) is 2. The summed E-state index contributed by atoms with van der Waals surface area (Å²) in [6.45, 7) is 2.47. The summed E-state index contributed by atoms with van der Waals surface area (Å²) in [5, 5.41) is 9.03. The molecule has 1 aromatic rings. The van der Waals surface area contributed by atoms with Gasteiger partial charge in [0, 0.05) is 13.7 Å². The van der Waals surface area contributed by atoms with E-state index in [9.17, 15) is 8.42 Å². The van der Waals surface area contributed by atoms with Crippen LogP contribution in [0.5, 0.6) is 0 Å². The van der Waals surface area contributed by atoms with Gasteiger partial charge in [-0.3, -0.25) is 0 Å². The molecule has 0 saturated carbocycles. The van der Waals surface area contributed by atoms with Crippen molar-refractivity contribution >= 4 is 10.0 Å². The normalized spacial score (nSPS) is 22.9. The van der Waals surface area contributed by atoms with E-state index >= 15 is 0 Å². The predicted octanol–water partition coefficient (Wildman–Crippen LogP) is 1.50. The zero-order valence-electron chi connectivity index (χ0n) is 11.6. The molecule has 6 heteroatoms. The number of likely N-dealkylation sites (N-methyl/N-ethyl adjacent to an activating group) is 1. The molecule has 0 aliphatic carbocycles. The average Bonchev–Trinajstić information content (AvgIpc) is 2.84. The summed E-state index contributed by atoms with van der Waals surface area (Å²) >= 11 is 0. The second-order valence-electron chi connectivity index (χ2n) is 4.97. The third-order valence-corrected chi connectivity index (χ3v) is 5.54. The summed E-state index contributed by atoms with van der Waals surface area (Å²) in [7, 11) is -1.88. The van der Waals surface area contributed by atoms with Crippen LogP contribution in [0.15, 0.2) is 24.3 Å². The molecule has 1 saturated heterocycles. The van der Waals surface area contributed by atoms with Crippen LogP contribution in [0.4, 0.5) is 0 Å². The number of nitriles is 1. The Morgan fingerprint density at radius 2 is 2.15 bits per heavy atom. The molecule has 108 valence electrons. The Balaban J connectivity index is 2.21. The number of sulfonamides is 1. The van der Waals surface area contributed by atoms with Gasteiger partial charge in [-0.15, -0.1) is 0 Å². The first kappa shape index (κ1) is 15.0. The van der Waals surface area contributed by atoms with Gasteiger partial charge in [0.1, 0.15) is 0 Å². The van der Waals surface area contributed by atoms with E-state index in [-0.39, 0.29) is 17.9 Å². The maximum atomic E-state index is 12.5. The first-order valence-electron chi connectivity index (χ1n) is 6.51. The molecule has 1 aliphatic heterocycles. The Hall–Kier alpha value is -1.42. The van der Waals surface area contributed by atoms with Gasteiger partial charge in [-0.1, -0.05) is 18.2 Å². The molecule has 2 rings (SSSR count). The first-order chi connectivity index (χ1) is 9.45. The topological polar surface area (TPSA) is 70.4 Å². The predicted molar refractivity (Wildman–Crippen MR) is 75.4 cm³/mol. The van der Waals surface area contributed by atoms with Crippen molar-refractivity contribution in [2.75, 3.05) is 13.7 Å². The fraction of sp³-hybridized carbons (Fsp3) is 0.500. The van der Waals surface area contributed by atoms with Crippen molar-refractivity contribution in [3.05, 3.63) is 35.4 Å². The number of ether oxygens (including phenoxy) is 1. The first-order valence-corrected chi connectivity index (χ1v) is 8.12. The van der Waals surface area contributed by atoms with Gasteiger partial charge in [0.15, 0.2) is 0 Å². The quantitative estimate of drug-likeness (QED) is 0.843. The fourth-order valence-corrected chi connectivity index (χ4v) is 4.00. The third kappa shape index (κ3) is 3.01. The Kier molecular flexibility index (Phi) is 4.43. The average molecular weight is 294 g/mol. The molecule has 20 heavy (non-hydrogen) atoms. The molecule has 0 radical (unpaired) electrons. The Morgan fingerprint density at radius 1 is 1.45 bits per heavy atom. The van der Waals surface area contributed by atoms with Crippen LogP contribution in [0.25, 0.3) is 0 Å². The molecule has 5 nitrogen and oxygen atoms in total. The van der Waals surface area contributed by atoms with E-state index in [1.807, 2.05) is 13.0 Å². The number of hydrogen-bond acceptors (Lipinski definition) is 4. The summed E-state index contributed by atoms with van der Waals surface area (Å²) in [4.78, 5) is 0. The van der Waals surface area contributed by atoms with E-state index in [1.165, 1.54) is 4.31 Å². The molecule has 0 bridgehead atoms. The van der Waals surface area contributed by atoms with E-state index in [2.05, 4.69) is 0 Å². The SMILES string of the molecule is CC1OCCC1N(C)S(=O)(=O)Cc1ccccc1C#N. The zero-order chi connectivity index (χ0) is 14.8. The molecular formula is C14H18N2O3S. The third-order valence-electron chi connectivity index (χ3n) is 3.72. The highest BCUT2D eigenvalue weighted by Crippen LogP contribution is 2.23. The standard InChI is InChI=1S/C14H18N2O3S/c1-11-14(7-8-19-11)16(2)20(17,18)10-13-6-4-3-5-12(13)9-15/h3-6,11,14H,7-8,10H2,1-2H3. The molecular weight excluding hydrogens is 276 g/mol. The minimum Gasteiger partial charge on any atom is -0.377 e. The van der Waals surface area contributed by atoms with Crippen LogP contribution in [-0.2, 0) is 20.5 Å². The van der Waals surface area contributed by atoms with Crippen molar-refractivity contribution < 1.29 is 13.2 Å². The van der Waals surface area contributed by atoms with Gasteiger partial charge in [0.2, 0.25) is 10.0 Å². The Morgan fingerprint density at radius 3 is 2.75 bits per heavy atom. The lowest BCUT2D eigenvalue weighted by molar-refractivity contribution is 0.102. The summed E-state index contributed by atoms with van der Waals surface area (Å²) in [6, 6.07) is 8.68. The second kappa shape index (κ2) is 5.92. The molecule has 0 aromatic heterocycles. The van der Waals surface area contributed by atoms with Crippen LogP contribution in [0.1, 0.15) is 24.5 Å². The Labute approximate surface area is 119 Å². The van der Waals surface area contributed by atoms with Crippen molar-refractivity contribution in [2.45, 2.75) is 31.2 Å². The van der Waals surface area contributed by atoms with E-state index in [4.69, 9.17) is 10.00 Å². The number of hydrogen-bond donors (Lipinski definition) is 0. The van der Waals surface area contributed by atoms with Gasteiger partial charge >= 0.3 is 0 Å². The molecule has 2 unspecified atom stereocenters. The van der Waals surface area contributed by atoms with Gasteiger partial charge in [-0.2, -0.15) is 9.57 Å². The minimum atomic E-state index is -3.46. The summed E-state index contributed by atoms with van der Waals surface area (Å²) in [6.07, 6.45) is 0.609. The van der Waals surface area contributed by atoms with E-state index in [1.54, 1.807) is 31.3 Å². The van der Waals surface area contributed by atoms with Gasteiger partial charge in [-0.25, -0.2) is 8.42 Å². The molecule has 1 aromatic carbocycles. The van der Waals surface area contributed by atoms with Crippen LogP contribution in [0.3, 0.4) is 0 Å². The van der Waals surface area contributed by atoms with Crippen molar-refractivity contribution in [1.29, 1.82) is 5.26 Å². The van der Waals surface area contributed by atoms with Crippen LogP contribution in [0, 0.1) is 11.3 Å². The maximum absolute atomic E-state index is 12.5. The van der Waals surface area contributed by atoms with Crippen LogP contribution in [-0.4, -0.2) is 38.5 Å². The molecule has 1 fully saturated rings. The zero-order valence-corrected chi connectivity index (χ0v) is 12.4. The van der Waals surface area contributed by atoms with E-state index in [0.717, 1.165) is 0 Å². The van der Waals surface area contributed by atoms with Crippen LogP contribution < -0.4 is 0 Å². The van der Waals surface area contributed by atoms with Gasteiger partial charge < -0.3 is 4.74 Å². The highest BCUT2D eigenvalue weighted by atomic mass is 32.2. The van der Waals surface area contributed by atoms with Crippen molar-refractivity contribution in [1.82, 2.24) is 4.31 Å². The van der Waals surface area contributed by atoms with Gasteiger partial charge in [0.25, 0.3) is 0 Å². The highest BCUT2D eigenvalue weighted by Gasteiger charge is 2.34. The van der Waals surface area contributed by atoms with Crippen molar-refractivity contribution in [2.24, 2.45) is 0 Å². The van der Waals surface area contributed by atoms with Gasteiger partial charge in [-0.05, 0) is 25.0 Å². The summed E-state index contributed by atoms with van der Waals surface area (Å²) in [5.41, 5.74) is 0.939. The maximum Gasteiger partial charge on any atom is 0.218 e. The molecule has 0 N–H and O–H groups in total. The minimum absolute atomic E-state index is 0.0963. The number of benzene rings is 1. The fourth-order valence-electron chi connectivity index (χ4n) is 2.46. The van der Waals surface area contributed by atoms with Crippen molar-refractivity contribution in [3.8, 4) is 6.07 Å². The lowest BCUT2D eigenvalue weighted by atomic mass is 10.1. The van der Waals surface area contributed by atoms with Crippen molar-refractivity contribution in [3.63, 3.8) is 0 Å². The van der Waals surface area contributed by atoms with E-state index in [0.29, 0.717) is 24.2 Å². The molecule has 0 amide bonds. The van der Waals surface area contributed by atoms with E-state index < -0.39 is 10.0 Å². The smallest absolute Gasteiger partial charge is 0.218 e. The van der Waals surface area contributed by atoms with Crippen LogP contribution >= 0.6 is 0 Å². The second-order valence-corrected chi connectivity index (χ2v) is 7.00. The molecule has 1 aliphatic rings. The lowest BCUT2D eigenvalue weighted by Crippen LogP contribution is -2.41. The monoisotopic (exact) mass is 294 g/mol. The summed E-state index contributed by atoms with van der Waals surface area (Å²) in [5.74, 6) is -0.156. The molecule has 0 spiro atoms. The molecule has 2 atom stereocenters. The lowest BCUT2D eigenvalue weighted by Gasteiger charge is -2.26. The van der Waals surface area contributed by atoms with Crippen LogP contribution in [0.2, 0.25) is 0 Å². The van der Waals surface area contributed by atoms with Gasteiger partial charge in [0.05, 0.1) is 29.5 Å².